The number of amides is 3. The van der Waals surface area contributed by atoms with E-state index < -0.39 is 18.1 Å². The fourth-order valence-electron chi connectivity index (χ4n) is 2.63. The first-order valence-electron chi connectivity index (χ1n) is 8.88. The minimum absolute atomic E-state index is 0.00357. The van der Waals surface area contributed by atoms with Gasteiger partial charge in [0.2, 0.25) is 5.91 Å². The van der Waals surface area contributed by atoms with Gasteiger partial charge in [0.25, 0.3) is 0 Å². The van der Waals surface area contributed by atoms with Gasteiger partial charge >= 0.3 is 11.8 Å². The summed E-state index contributed by atoms with van der Waals surface area (Å²) < 4.78 is 1.48. The minimum Gasteiger partial charge on any atom is -0.348 e. The maximum Gasteiger partial charge on any atom is 0.314 e. The van der Waals surface area contributed by atoms with Gasteiger partial charge in [-0.3, -0.25) is 19.7 Å². The number of aryl methyl sites for hydroxylation is 1. The molecule has 1 aromatic heterocycles. The summed E-state index contributed by atoms with van der Waals surface area (Å²) in [5, 5.41) is 15.6. The smallest absolute Gasteiger partial charge is 0.314 e. The van der Waals surface area contributed by atoms with E-state index in [1.165, 1.54) is 4.68 Å². The van der Waals surface area contributed by atoms with E-state index in [0.29, 0.717) is 24.5 Å². The summed E-state index contributed by atoms with van der Waals surface area (Å²) in [7, 11) is 0. The van der Waals surface area contributed by atoms with Crippen molar-refractivity contribution >= 4 is 23.5 Å². The molecular weight excluding hydrogens is 336 g/mol. The molecule has 1 fully saturated rings. The Morgan fingerprint density at radius 3 is 2.62 bits per heavy atom. The Hall–Kier alpha value is -2.42. The zero-order chi connectivity index (χ0) is 19.4. The van der Waals surface area contributed by atoms with Gasteiger partial charge in [0.1, 0.15) is 5.82 Å². The Bertz CT molecular complexity index is 682. The molecule has 1 aliphatic rings. The SMILES string of the molecule is Cc1cc(NC(=O)C(=O)NCC(C)C)n(C2NC(=O)CC(C(C)C)N2)n1. The van der Waals surface area contributed by atoms with Crippen LogP contribution in [0.25, 0.3) is 0 Å². The zero-order valence-electron chi connectivity index (χ0n) is 15.9. The number of nitrogens with one attached hydrogen (secondary N) is 4. The molecule has 144 valence electrons. The van der Waals surface area contributed by atoms with Crippen molar-refractivity contribution in [1.82, 2.24) is 25.7 Å². The molecule has 2 atom stereocenters. The second-order valence-electron chi connectivity index (χ2n) is 7.36. The van der Waals surface area contributed by atoms with E-state index >= 15 is 0 Å². The third kappa shape index (κ3) is 5.04. The minimum atomic E-state index is -0.769. The first-order valence-corrected chi connectivity index (χ1v) is 8.88. The molecule has 0 saturated carbocycles. The molecule has 0 bridgehead atoms. The number of anilines is 1. The fraction of sp³-hybridized carbons (Fsp3) is 0.647. The largest absolute Gasteiger partial charge is 0.348 e. The van der Waals surface area contributed by atoms with Crippen LogP contribution in [-0.2, 0) is 14.4 Å². The van der Waals surface area contributed by atoms with E-state index in [0.717, 1.165) is 0 Å². The zero-order valence-corrected chi connectivity index (χ0v) is 15.9. The first-order chi connectivity index (χ1) is 12.2. The van der Waals surface area contributed by atoms with Crippen molar-refractivity contribution in [2.75, 3.05) is 11.9 Å². The van der Waals surface area contributed by atoms with Crippen LogP contribution in [0.5, 0.6) is 0 Å². The lowest BCUT2D eigenvalue weighted by molar-refractivity contribution is -0.136. The third-order valence-electron chi connectivity index (χ3n) is 4.10. The summed E-state index contributed by atoms with van der Waals surface area (Å²) in [5.41, 5.74) is 0.658. The van der Waals surface area contributed by atoms with Crippen LogP contribution < -0.4 is 21.3 Å². The van der Waals surface area contributed by atoms with Gasteiger partial charge in [-0.15, -0.1) is 0 Å². The highest BCUT2D eigenvalue weighted by Gasteiger charge is 2.30. The highest BCUT2D eigenvalue weighted by molar-refractivity contribution is 6.39. The molecule has 26 heavy (non-hydrogen) atoms. The lowest BCUT2D eigenvalue weighted by Crippen LogP contribution is -2.55. The number of rotatable bonds is 5. The van der Waals surface area contributed by atoms with Crippen LogP contribution >= 0.6 is 0 Å². The molecule has 1 aliphatic heterocycles. The van der Waals surface area contributed by atoms with Gasteiger partial charge in [0, 0.05) is 25.1 Å². The summed E-state index contributed by atoms with van der Waals surface area (Å²) >= 11 is 0. The Balaban J connectivity index is 2.13. The predicted octanol–water partition coefficient (Wildman–Crippen LogP) is 0.492. The molecule has 0 aliphatic carbocycles. The molecule has 9 heteroatoms. The summed E-state index contributed by atoms with van der Waals surface area (Å²) in [6, 6.07) is 1.65. The van der Waals surface area contributed by atoms with Crippen molar-refractivity contribution in [3.05, 3.63) is 11.8 Å². The number of carbonyl (C=O) groups is 3. The molecule has 2 rings (SSSR count). The van der Waals surface area contributed by atoms with E-state index in [1.54, 1.807) is 13.0 Å². The Labute approximate surface area is 153 Å². The number of aromatic nitrogens is 2. The number of hydrogen-bond donors (Lipinski definition) is 4. The van der Waals surface area contributed by atoms with Gasteiger partial charge in [0.05, 0.1) is 5.69 Å². The van der Waals surface area contributed by atoms with Crippen molar-refractivity contribution in [1.29, 1.82) is 0 Å². The van der Waals surface area contributed by atoms with Crippen molar-refractivity contribution in [2.45, 2.75) is 53.4 Å². The molecule has 0 spiro atoms. The van der Waals surface area contributed by atoms with Crippen LogP contribution in [0.15, 0.2) is 6.07 Å². The van der Waals surface area contributed by atoms with Gasteiger partial charge in [-0.25, -0.2) is 4.68 Å². The highest BCUT2D eigenvalue weighted by Crippen LogP contribution is 2.19. The van der Waals surface area contributed by atoms with E-state index in [4.69, 9.17) is 0 Å². The quantitative estimate of drug-likeness (QED) is 0.568. The van der Waals surface area contributed by atoms with Crippen LogP contribution in [0.3, 0.4) is 0 Å². The number of nitrogens with zero attached hydrogens (tertiary/aromatic N) is 2. The summed E-state index contributed by atoms with van der Waals surface area (Å²) in [6.07, 6.45) is -0.209. The van der Waals surface area contributed by atoms with Crippen LogP contribution in [0, 0.1) is 18.8 Å². The average Bonchev–Trinajstić information content (AvgIpc) is 2.92. The molecule has 4 N–H and O–H groups in total. The van der Waals surface area contributed by atoms with Gasteiger partial charge in [-0.05, 0) is 18.8 Å². The maximum absolute atomic E-state index is 12.1. The van der Waals surface area contributed by atoms with E-state index in [2.05, 4.69) is 26.4 Å². The van der Waals surface area contributed by atoms with E-state index in [9.17, 15) is 14.4 Å². The topological polar surface area (TPSA) is 117 Å². The lowest BCUT2D eigenvalue weighted by Gasteiger charge is -2.34. The standard InChI is InChI=1S/C17H28N6O3/c1-9(2)8-18-15(25)16(26)20-13-6-11(5)22-23(13)17-19-12(10(3)4)7-14(24)21-17/h6,9-10,12,17,19H,7-8H2,1-5H3,(H,18,25)(H,20,26)(H,21,24). The molecule has 1 aromatic rings. The maximum atomic E-state index is 12.1. The molecule has 1 saturated heterocycles. The van der Waals surface area contributed by atoms with Crippen LogP contribution in [-0.4, -0.2) is 40.1 Å². The van der Waals surface area contributed by atoms with Crippen LogP contribution in [0.4, 0.5) is 5.82 Å². The Kier molecular flexibility index (Phi) is 6.36. The highest BCUT2D eigenvalue weighted by atomic mass is 16.2. The van der Waals surface area contributed by atoms with Crippen molar-refractivity contribution < 1.29 is 14.4 Å². The van der Waals surface area contributed by atoms with Gasteiger partial charge < -0.3 is 16.0 Å². The third-order valence-corrected chi connectivity index (χ3v) is 4.10. The van der Waals surface area contributed by atoms with E-state index in [1.807, 2.05) is 27.7 Å². The second kappa shape index (κ2) is 8.31. The summed E-state index contributed by atoms with van der Waals surface area (Å²) in [4.78, 5) is 36.1. The molecule has 9 nitrogen and oxygen atoms in total. The predicted molar refractivity (Wildman–Crippen MR) is 97.0 cm³/mol. The van der Waals surface area contributed by atoms with Crippen molar-refractivity contribution in [2.24, 2.45) is 11.8 Å². The first kappa shape index (κ1) is 19.9. The lowest BCUT2D eigenvalue weighted by atomic mass is 9.99. The van der Waals surface area contributed by atoms with Crippen molar-refractivity contribution in [3.8, 4) is 0 Å². The fourth-order valence-corrected chi connectivity index (χ4v) is 2.63. The van der Waals surface area contributed by atoms with Crippen molar-refractivity contribution in [3.63, 3.8) is 0 Å². The van der Waals surface area contributed by atoms with E-state index in [-0.39, 0.29) is 23.8 Å². The number of hydrogen-bond acceptors (Lipinski definition) is 5. The van der Waals surface area contributed by atoms with Crippen LogP contribution in [0.2, 0.25) is 0 Å². The molecule has 2 heterocycles. The Morgan fingerprint density at radius 2 is 2.00 bits per heavy atom. The molecular formula is C17H28N6O3. The van der Waals surface area contributed by atoms with Gasteiger partial charge in [-0.2, -0.15) is 5.10 Å². The van der Waals surface area contributed by atoms with Crippen LogP contribution in [0.1, 0.15) is 46.1 Å². The molecule has 2 unspecified atom stereocenters. The van der Waals surface area contributed by atoms with Gasteiger partial charge in [-0.1, -0.05) is 27.7 Å². The average molecular weight is 364 g/mol. The molecule has 0 aromatic carbocycles. The van der Waals surface area contributed by atoms with Gasteiger partial charge in [0.15, 0.2) is 6.29 Å². The second-order valence-corrected chi connectivity index (χ2v) is 7.36. The summed E-state index contributed by atoms with van der Waals surface area (Å²) in [5.74, 6) is -0.713. The monoisotopic (exact) mass is 364 g/mol. The Morgan fingerprint density at radius 1 is 1.31 bits per heavy atom. The number of carbonyl (C=O) groups excluding carboxylic acids is 3. The summed E-state index contributed by atoms with van der Waals surface area (Å²) in [6.45, 7) is 10.1. The molecule has 3 amide bonds. The molecule has 0 radical (unpaired) electrons. The normalized spacial score (nSPS) is 20.2.